The fraction of sp³-hybridized carbons (Fsp3) is 0.375. The number of rotatable bonds is 3. The van der Waals surface area contributed by atoms with Crippen LogP contribution in [0.2, 0.25) is 0 Å². The van der Waals surface area contributed by atoms with E-state index in [0.717, 1.165) is 30.4 Å². The molecule has 0 aliphatic heterocycles. The van der Waals surface area contributed by atoms with E-state index in [4.69, 9.17) is 0 Å². The van der Waals surface area contributed by atoms with Crippen LogP contribution in [-0.2, 0) is 0 Å². The van der Waals surface area contributed by atoms with E-state index in [1.807, 2.05) is 38.3 Å². The molecule has 0 saturated carbocycles. The fourth-order valence-electron chi connectivity index (χ4n) is 2.28. The Morgan fingerprint density at radius 2 is 2.21 bits per heavy atom. The Bertz CT molecular complexity index is 517. The van der Waals surface area contributed by atoms with Gasteiger partial charge in [-0.2, -0.15) is 5.10 Å². The van der Waals surface area contributed by atoms with Crippen molar-refractivity contribution in [2.75, 3.05) is 0 Å². The zero-order valence-corrected chi connectivity index (χ0v) is 11.5. The summed E-state index contributed by atoms with van der Waals surface area (Å²) in [7, 11) is 0. The highest BCUT2D eigenvalue weighted by Crippen LogP contribution is 2.15. The number of nitrogens with one attached hydrogen (secondary N) is 1. The van der Waals surface area contributed by atoms with Gasteiger partial charge in [-0.25, -0.2) is 5.43 Å². The van der Waals surface area contributed by atoms with E-state index >= 15 is 0 Å². The maximum Gasteiger partial charge on any atom is 0.271 e. The second-order valence-corrected chi connectivity index (χ2v) is 5.08. The van der Waals surface area contributed by atoms with E-state index in [1.165, 1.54) is 0 Å². The van der Waals surface area contributed by atoms with Crippen LogP contribution in [0.25, 0.3) is 0 Å². The topological polar surface area (TPSA) is 41.5 Å². The summed E-state index contributed by atoms with van der Waals surface area (Å²) in [6.45, 7) is 3.96. The molecule has 0 heterocycles. The molecule has 0 bridgehead atoms. The highest BCUT2D eigenvalue weighted by Gasteiger charge is 2.09. The Morgan fingerprint density at radius 1 is 1.37 bits per heavy atom. The van der Waals surface area contributed by atoms with Crippen LogP contribution in [0.15, 0.2) is 35.5 Å². The van der Waals surface area contributed by atoms with Gasteiger partial charge in [-0.05, 0) is 50.7 Å². The third-order valence-electron chi connectivity index (χ3n) is 3.39. The molecule has 3 nitrogen and oxygen atoms in total. The summed E-state index contributed by atoms with van der Waals surface area (Å²) >= 11 is 0. The third kappa shape index (κ3) is 3.78. The quantitative estimate of drug-likeness (QED) is 0.503. The summed E-state index contributed by atoms with van der Waals surface area (Å²) in [5.74, 6) is 0.310. The van der Waals surface area contributed by atoms with E-state index in [-0.39, 0.29) is 5.91 Å². The first kappa shape index (κ1) is 13.5. The fourth-order valence-corrected chi connectivity index (χ4v) is 2.28. The van der Waals surface area contributed by atoms with Gasteiger partial charge in [0.1, 0.15) is 0 Å². The van der Waals surface area contributed by atoms with Crippen molar-refractivity contribution < 1.29 is 4.79 Å². The molecule has 100 valence electrons. The van der Waals surface area contributed by atoms with Crippen molar-refractivity contribution in [2.24, 2.45) is 11.0 Å². The number of carbonyl (C=O) groups excluding carboxylic acids is 1. The van der Waals surface area contributed by atoms with Crippen molar-refractivity contribution >= 4 is 12.1 Å². The van der Waals surface area contributed by atoms with Gasteiger partial charge in [0.15, 0.2) is 0 Å². The number of amides is 1. The van der Waals surface area contributed by atoms with Crippen LogP contribution in [0.1, 0.15) is 40.7 Å². The minimum atomic E-state index is -0.139. The van der Waals surface area contributed by atoms with Gasteiger partial charge in [0.25, 0.3) is 5.91 Å². The molecule has 1 amide bonds. The second-order valence-electron chi connectivity index (χ2n) is 5.08. The molecule has 0 radical (unpaired) electrons. The highest BCUT2D eigenvalue weighted by molar-refractivity contribution is 5.95. The second kappa shape index (κ2) is 6.32. The van der Waals surface area contributed by atoms with Crippen LogP contribution in [0.5, 0.6) is 0 Å². The van der Waals surface area contributed by atoms with E-state index in [2.05, 4.69) is 22.7 Å². The van der Waals surface area contributed by atoms with Crippen molar-refractivity contribution in [3.05, 3.63) is 47.0 Å². The van der Waals surface area contributed by atoms with Gasteiger partial charge in [-0.1, -0.05) is 29.8 Å². The van der Waals surface area contributed by atoms with Crippen LogP contribution < -0.4 is 5.43 Å². The average Bonchev–Trinajstić information content (AvgIpc) is 2.39. The Balaban J connectivity index is 1.93. The summed E-state index contributed by atoms with van der Waals surface area (Å²) < 4.78 is 0. The molecule has 19 heavy (non-hydrogen) atoms. The number of hydrogen-bond acceptors (Lipinski definition) is 2. The average molecular weight is 256 g/mol. The lowest BCUT2D eigenvalue weighted by Gasteiger charge is -2.12. The Labute approximate surface area is 114 Å². The molecule has 1 aliphatic carbocycles. The summed E-state index contributed by atoms with van der Waals surface area (Å²) in [5, 5.41) is 4.08. The van der Waals surface area contributed by atoms with Gasteiger partial charge in [0, 0.05) is 11.8 Å². The van der Waals surface area contributed by atoms with E-state index < -0.39 is 0 Å². The number of carbonyl (C=O) groups is 1. The van der Waals surface area contributed by atoms with Crippen molar-refractivity contribution in [3.63, 3.8) is 0 Å². The van der Waals surface area contributed by atoms with Crippen LogP contribution in [0.4, 0.5) is 0 Å². The Morgan fingerprint density at radius 3 is 2.89 bits per heavy atom. The predicted octanol–water partition coefficient (Wildman–Crippen LogP) is 3.38. The summed E-state index contributed by atoms with van der Waals surface area (Å²) in [6, 6.07) is 5.79. The number of allylic oxidation sites excluding steroid dienone is 2. The van der Waals surface area contributed by atoms with Gasteiger partial charge >= 0.3 is 0 Å². The lowest BCUT2D eigenvalue weighted by atomic mass is 9.96. The molecule has 0 spiro atoms. The van der Waals surface area contributed by atoms with Crippen molar-refractivity contribution in [1.29, 1.82) is 0 Å². The van der Waals surface area contributed by atoms with E-state index in [1.54, 1.807) is 0 Å². The van der Waals surface area contributed by atoms with Gasteiger partial charge < -0.3 is 0 Å². The Hall–Kier alpha value is -1.90. The Kier molecular flexibility index (Phi) is 4.50. The minimum absolute atomic E-state index is 0.139. The first-order chi connectivity index (χ1) is 9.16. The van der Waals surface area contributed by atoms with Crippen molar-refractivity contribution in [1.82, 2.24) is 5.43 Å². The summed E-state index contributed by atoms with van der Waals surface area (Å²) in [5.41, 5.74) is 5.44. The number of aryl methyl sites for hydroxylation is 2. The molecule has 1 atom stereocenters. The first-order valence-corrected chi connectivity index (χ1v) is 6.72. The standard InChI is InChI=1S/C16H20N2O/c1-12-8-9-15(13(2)10-12)16(19)18-17-11-14-6-4-3-5-7-14/h3-4,8-11,14H,5-7H2,1-2H3,(H,18,19). The number of hydrogen-bond donors (Lipinski definition) is 1. The predicted molar refractivity (Wildman–Crippen MR) is 78.4 cm³/mol. The van der Waals surface area contributed by atoms with E-state index in [0.29, 0.717) is 11.5 Å². The van der Waals surface area contributed by atoms with Crippen molar-refractivity contribution in [3.8, 4) is 0 Å². The molecule has 2 rings (SSSR count). The number of nitrogens with zero attached hydrogens (tertiary/aromatic N) is 1. The zero-order chi connectivity index (χ0) is 13.7. The number of benzene rings is 1. The highest BCUT2D eigenvalue weighted by atomic mass is 16.2. The lowest BCUT2D eigenvalue weighted by molar-refractivity contribution is 0.0954. The van der Waals surface area contributed by atoms with Gasteiger partial charge in [0.2, 0.25) is 0 Å². The molecule has 3 heteroatoms. The maximum atomic E-state index is 12.0. The molecule has 1 N–H and O–H groups in total. The van der Waals surface area contributed by atoms with E-state index in [9.17, 15) is 4.79 Å². The van der Waals surface area contributed by atoms with Crippen molar-refractivity contribution in [2.45, 2.75) is 33.1 Å². The maximum absolute atomic E-state index is 12.0. The lowest BCUT2D eigenvalue weighted by Crippen LogP contribution is -2.19. The monoisotopic (exact) mass is 256 g/mol. The smallest absolute Gasteiger partial charge is 0.267 e. The normalized spacial score (nSPS) is 18.7. The third-order valence-corrected chi connectivity index (χ3v) is 3.39. The molecule has 0 aromatic heterocycles. The molecule has 1 aromatic rings. The SMILES string of the molecule is Cc1ccc(C(=O)NN=CC2CC=CCC2)c(C)c1. The number of hydrazone groups is 1. The summed E-state index contributed by atoms with van der Waals surface area (Å²) in [6.07, 6.45) is 9.44. The molecular weight excluding hydrogens is 236 g/mol. The molecular formula is C16H20N2O. The molecule has 1 aliphatic rings. The first-order valence-electron chi connectivity index (χ1n) is 6.72. The molecule has 1 unspecified atom stereocenters. The van der Waals surface area contributed by atoms with Crippen LogP contribution in [-0.4, -0.2) is 12.1 Å². The van der Waals surface area contributed by atoms with Gasteiger partial charge in [0.05, 0.1) is 0 Å². The minimum Gasteiger partial charge on any atom is -0.267 e. The van der Waals surface area contributed by atoms with Crippen LogP contribution in [0.3, 0.4) is 0 Å². The largest absolute Gasteiger partial charge is 0.271 e. The molecule has 1 aromatic carbocycles. The molecule has 0 saturated heterocycles. The summed E-state index contributed by atoms with van der Waals surface area (Å²) in [4.78, 5) is 12.0. The molecule has 0 fully saturated rings. The van der Waals surface area contributed by atoms with Gasteiger partial charge in [-0.3, -0.25) is 4.79 Å². The van der Waals surface area contributed by atoms with Crippen LogP contribution >= 0.6 is 0 Å². The zero-order valence-electron chi connectivity index (χ0n) is 11.5. The van der Waals surface area contributed by atoms with Crippen LogP contribution in [0, 0.1) is 19.8 Å². The van der Waals surface area contributed by atoms with Gasteiger partial charge in [-0.15, -0.1) is 0 Å².